The fraction of sp³-hybridized carbons (Fsp3) is 0.458. The van der Waals surface area contributed by atoms with Crippen molar-refractivity contribution < 1.29 is 35.9 Å². The first-order chi connectivity index (χ1) is 16.3. The number of benzene rings is 2. The van der Waals surface area contributed by atoms with E-state index in [9.17, 15) is 31.1 Å². The molecule has 5 nitrogen and oxygen atoms in total. The first-order valence-electron chi connectivity index (χ1n) is 11.1. The molecular formula is C24H25F6N3O2. The molecule has 35 heavy (non-hydrogen) atoms. The maximum Gasteiger partial charge on any atom is 0.416 e. The summed E-state index contributed by atoms with van der Waals surface area (Å²) in [5, 5.41) is 9.11. The Hall–Kier alpha value is -2.79. The fourth-order valence-electron chi connectivity index (χ4n) is 4.59. The minimum absolute atomic E-state index is 0.00717. The summed E-state index contributed by atoms with van der Waals surface area (Å²) in [5.41, 5.74) is -3.29. The monoisotopic (exact) mass is 501 g/mol. The van der Waals surface area contributed by atoms with Crippen molar-refractivity contribution in [3.8, 4) is 0 Å². The number of halogens is 6. The zero-order valence-corrected chi connectivity index (χ0v) is 18.8. The molecule has 2 aromatic carbocycles. The van der Waals surface area contributed by atoms with Gasteiger partial charge in [-0.3, -0.25) is 0 Å². The van der Waals surface area contributed by atoms with Gasteiger partial charge in [0.1, 0.15) is 0 Å². The van der Waals surface area contributed by atoms with E-state index in [0.29, 0.717) is 38.1 Å². The van der Waals surface area contributed by atoms with Crippen LogP contribution in [-0.2, 0) is 22.6 Å². The molecule has 3 N–H and O–H groups in total. The molecule has 0 aromatic heterocycles. The Kier molecular flexibility index (Phi) is 6.52. The van der Waals surface area contributed by atoms with Crippen molar-refractivity contribution in [2.45, 2.75) is 49.3 Å². The Morgan fingerprint density at radius 3 is 2.06 bits per heavy atom. The van der Waals surface area contributed by atoms with E-state index in [4.69, 9.17) is 4.74 Å². The van der Waals surface area contributed by atoms with Gasteiger partial charge in [0.2, 0.25) is 0 Å². The lowest BCUT2D eigenvalue weighted by molar-refractivity contribution is -0.143. The summed E-state index contributed by atoms with van der Waals surface area (Å²) in [7, 11) is 0. The van der Waals surface area contributed by atoms with Gasteiger partial charge in [0.15, 0.2) is 0 Å². The van der Waals surface area contributed by atoms with Crippen LogP contribution in [0.25, 0.3) is 0 Å². The van der Waals surface area contributed by atoms with E-state index in [1.807, 2.05) is 30.3 Å². The van der Waals surface area contributed by atoms with Gasteiger partial charge in [-0.1, -0.05) is 30.3 Å². The van der Waals surface area contributed by atoms with E-state index in [-0.39, 0.29) is 24.3 Å². The van der Waals surface area contributed by atoms with Gasteiger partial charge in [-0.05, 0) is 49.1 Å². The average molecular weight is 501 g/mol. The molecule has 2 saturated heterocycles. The second-order valence-corrected chi connectivity index (χ2v) is 9.18. The van der Waals surface area contributed by atoms with Gasteiger partial charge >= 0.3 is 18.4 Å². The summed E-state index contributed by atoms with van der Waals surface area (Å²) in [4.78, 5) is 11.7. The van der Waals surface area contributed by atoms with Crippen LogP contribution in [0.5, 0.6) is 0 Å². The zero-order valence-electron chi connectivity index (χ0n) is 18.8. The second-order valence-electron chi connectivity index (χ2n) is 9.18. The summed E-state index contributed by atoms with van der Waals surface area (Å²) in [6.45, 7) is 2.30. The van der Waals surface area contributed by atoms with Crippen LogP contribution < -0.4 is 16.0 Å². The van der Waals surface area contributed by atoms with Crippen molar-refractivity contribution in [3.05, 3.63) is 70.8 Å². The number of carbonyl (C=O) groups is 1. The Labute approximate surface area is 198 Å². The van der Waals surface area contributed by atoms with Crippen molar-refractivity contribution in [1.29, 1.82) is 0 Å². The van der Waals surface area contributed by atoms with E-state index >= 15 is 0 Å². The molecule has 11 heteroatoms. The molecule has 1 spiro atoms. The predicted molar refractivity (Wildman–Crippen MR) is 115 cm³/mol. The van der Waals surface area contributed by atoms with Crippen LogP contribution in [-0.4, -0.2) is 31.3 Å². The molecule has 0 radical (unpaired) electrons. The van der Waals surface area contributed by atoms with Crippen LogP contribution in [0.2, 0.25) is 0 Å². The number of carbonyl (C=O) groups excluding carboxylic acids is 1. The number of hydrogen-bond donors (Lipinski definition) is 3. The molecule has 2 aliphatic heterocycles. The number of rotatable bonds is 5. The largest absolute Gasteiger partial charge is 0.416 e. The van der Waals surface area contributed by atoms with E-state index in [0.717, 1.165) is 5.56 Å². The van der Waals surface area contributed by atoms with Crippen LogP contribution in [0.15, 0.2) is 48.5 Å². The highest BCUT2D eigenvalue weighted by molar-refractivity contribution is 5.77. The lowest BCUT2D eigenvalue weighted by Gasteiger charge is -2.46. The molecule has 190 valence electrons. The lowest BCUT2D eigenvalue weighted by Crippen LogP contribution is -2.63. The van der Waals surface area contributed by atoms with Gasteiger partial charge in [-0.2, -0.15) is 26.3 Å². The summed E-state index contributed by atoms with van der Waals surface area (Å²) in [6, 6.07) is 10.5. The van der Waals surface area contributed by atoms with Crippen LogP contribution in [0, 0.1) is 0 Å². The SMILES string of the molecule is C[C@@H](OC[C@@]1(c2ccccc2)CC[C@]2(CNC(=O)N2)CN1)c1cc(C(F)(F)F)cc(C(F)(F)F)c1. The second kappa shape index (κ2) is 9.02. The highest BCUT2D eigenvalue weighted by Crippen LogP contribution is 2.39. The molecule has 2 heterocycles. The zero-order chi connectivity index (χ0) is 25.5. The third-order valence-electron chi connectivity index (χ3n) is 6.75. The maximum atomic E-state index is 13.3. The van der Waals surface area contributed by atoms with Gasteiger partial charge in [-0.15, -0.1) is 0 Å². The number of ether oxygens (including phenoxy) is 1. The molecule has 2 aliphatic rings. The van der Waals surface area contributed by atoms with Crippen molar-refractivity contribution in [2.24, 2.45) is 0 Å². The normalized spacial score (nSPS) is 25.9. The van der Waals surface area contributed by atoms with Crippen molar-refractivity contribution >= 4 is 6.03 Å². The molecule has 4 rings (SSSR count). The van der Waals surface area contributed by atoms with E-state index < -0.39 is 40.7 Å². The molecule has 2 amide bonds. The van der Waals surface area contributed by atoms with Crippen LogP contribution >= 0.6 is 0 Å². The smallest absolute Gasteiger partial charge is 0.372 e. The van der Waals surface area contributed by atoms with Crippen molar-refractivity contribution in [2.75, 3.05) is 19.7 Å². The molecule has 0 aliphatic carbocycles. The fourth-order valence-corrected chi connectivity index (χ4v) is 4.59. The van der Waals surface area contributed by atoms with Gasteiger partial charge in [0.25, 0.3) is 0 Å². The third-order valence-corrected chi connectivity index (χ3v) is 6.75. The Morgan fingerprint density at radius 2 is 1.57 bits per heavy atom. The molecule has 2 fully saturated rings. The number of urea groups is 1. The number of hydrogen-bond acceptors (Lipinski definition) is 3. The number of nitrogens with one attached hydrogen (secondary N) is 3. The lowest BCUT2D eigenvalue weighted by atomic mass is 9.76. The summed E-state index contributed by atoms with van der Waals surface area (Å²) in [5.74, 6) is 0. The average Bonchev–Trinajstić information content (AvgIpc) is 3.18. The van der Waals surface area contributed by atoms with E-state index in [1.54, 1.807) is 0 Å². The summed E-state index contributed by atoms with van der Waals surface area (Å²) < 4.78 is 85.6. The first kappa shape index (κ1) is 25.3. The minimum Gasteiger partial charge on any atom is -0.372 e. The Balaban J connectivity index is 1.58. The van der Waals surface area contributed by atoms with E-state index in [1.165, 1.54) is 6.92 Å². The molecule has 0 saturated carbocycles. The first-order valence-corrected chi connectivity index (χ1v) is 11.1. The molecule has 0 bridgehead atoms. The number of amides is 2. The molecule has 3 atom stereocenters. The third kappa shape index (κ3) is 5.40. The molecule has 2 aromatic rings. The van der Waals surface area contributed by atoms with Gasteiger partial charge in [0.05, 0.1) is 34.9 Å². The minimum atomic E-state index is -4.93. The van der Waals surface area contributed by atoms with Crippen LogP contribution in [0.4, 0.5) is 31.1 Å². The highest BCUT2D eigenvalue weighted by Gasteiger charge is 2.47. The summed E-state index contributed by atoms with van der Waals surface area (Å²) in [6.07, 6.45) is -9.76. The standard InChI is InChI=1S/C24H25F6N3O2/c1-15(16-9-18(23(25,26)27)11-19(10-16)24(28,29)30)35-14-22(17-5-3-2-4-6-17)8-7-21(13-32-22)12-31-20(34)33-21/h2-6,9-11,15,32H,7-8,12-14H2,1H3,(H2,31,33,34)/t15-,21+,22-/m1/s1. The number of piperidine rings is 1. The van der Waals surface area contributed by atoms with Gasteiger partial charge in [0, 0.05) is 13.1 Å². The van der Waals surface area contributed by atoms with Crippen molar-refractivity contribution in [3.63, 3.8) is 0 Å². The predicted octanol–water partition coefficient (Wildman–Crippen LogP) is 5.13. The molecule has 0 unspecified atom stereocenters. The van der Waals surface area contributed by atoms with Gasteiger partial charge in [-0.25, -0.2) is 4.79 Å². The Bertz CT molecular complexity index is 1030. The van der Waals surface area contributed by atoms with Crippen LogP contribution in [0.1, 0.15) is 48.1 Å². The Morgan fingerprint density at radius 1 is 0.943 bits per heavy atom. The summed E-state index contributed by atoms with van der Waals surface area (Å²) >= 11 is 0. The van der Waals surface area contributed by atoms with Gasteiger partial charge < -0.3 is 20.7 Å². The number of alkyl halides is 6. The van der Waals surface area contributed by atoms with Crippen molar-refractivity contribution in [1.82, 2.24) is 16.0 Å². The van der Waals surface area contributed by atoms with Crippen LogP contribution in [0.3, 0.4) is 0 Å². The quantitative estimate of drug-likeness (QED) is 0.498. The maximum absolute atomic E-state index is 13.3. The van der Waals surface area contributed by atoms with E-state index in [2.05, 4.69) is 16.0 Å². The highest BCUT2D eigenvalue weighted by atomic mass is 19.4. The molecular weight excluding hydrogens is 476 g/mol. The topological polar surface area (TPSA) is 62.4 Å².